The van der Waals surface area contributed by atoms with Gasteiger partial charge in [-0.05, 0) is 34.5 Å². The van der Waals surface area contributed by atoms with Crippen LogP contribution in [-0.2, 0) is 9.73 Å². The molecule has 1 aromatic rings. The normalized spacial score (nSPS) is 18.0. The lowest BCUT2D eigenvalue weighted by Crippen LogP contribution is -2.22. The van der Waals surface area contributed by atoms with Gasteiger partial charge in [0.2, 0.25) is 0 Å². The summed E-state index contributed by atoms with van der Waals surface area (Å²) in [6, 6.07) is 5.50. The lowest BCUT2D eigenvalue weighted by atomic mass is 10.3. The fraction of sp³-hybridized carbons (Fsp3) is 0.400. The molecule has 0 spiro atoms. The van der Waals surface area contributed by atoms with Crippen LogP contribution in [0, 0.1) is 0 Å². The Bertz CT molecular complexity index is 482. The molecule has 0 radical (unpaired) electrons. The maximum Gasteiger partial charge on any atom is 0.121 e. The van der Waals surface area contributed by atoms with Crippen molar-refractivity contribution in [2.75, 3.05) is 18.6 Å². The molecule has 3 nitrogen and oxygen atoms in total. The van der Waals surface area contributed by atoms with E-state index in [1.54, 1.807) is 13.2 Å². The van der Waals surface area contributed by atoms with Crippen LogP contribution in [0.1, 0.15) is 6.42 Å². The summed E-state index contributed by atoms with van der Waals surface area (Å²) in [6.07, 6.45) is 1.02. The molecule has 1 aliphatic rings. The van der Waals surface area contributed by atoms with Crippen LogP contribution in [0.5, 0.6) is 5.75 Å². The second-order valence-corrected chi connectivity index (χ2v) is 6.84. The molecule has 1 fully saturated rings. The van der Waals surface area contributed by atoms with Crippen LogP contribution in [0.25, 0.3) is 0 Å². The Morgan fingerprint density at radius 1 is 1.47 bits per heavy atom. The molecule has 2 rings (SSSR count). The molecule has 0 amide bonds. The largest absolute Gasteiger partial charge is 0.497 e. The van der Waals surface area contributed by atoms with Crippen LogP contribution in [0.2, 0.25) is 0 Å². The first-order chi connectivity index (χ1) is 7.13. The molecule has 82 valence electrons. The summed E-state index contributed by atoms with van der Waals surface area (Å²) in [5.41, 5.74) is 0.721. The first-order valence-electron chi connectivity index (χ1n) is 4.69. The summed E-state index contributed by atoms with van der Waals surface area (Å²) in [5.74, 6) is 2.17. The van der Waals surface area contributed by atoms with Crippen molar-refractivity contribution < 1.29 is 8.95 Å². The van der Waals surface area contributed by atoms with Crippen LogP contribution in [0.3, 0.4) is 0 Å². The summed E-state index contributed by atoms with van der Waals surface area (Å²) in [6.45, 7) is 0. The predicted octanol–water partition coefficient (Wildman–Crippen LogP) is 2.96. The van der Waals surface area contributed by atoms with Gasteiger partial charge in [0.05, 0.1) is 22.5 Å². The van der Waals surface area contributed by atoms with Gasteiger partial charge in [0.25, 0.3) is 0 Å². The number of methoxy groups -OCH3 is 1. The summed E-state index contributed by atoms with van der Waals surface area (Å²) in [4.78, 5) is 0. The number of nitrogens with zero attached hydrogens (tertiary/aromatic N) is 1. The zero-order valence-corrected chi connectivity index (χ0v) is 10.8. The molecule has 0 atom stereocenters. The number of hydrogen-bond donors (Lipinski definition) is 0. The zero-order valence-electron chi connectivity index (χ0n) is 8.40. The molecular weight excluding hydrogens is 278 g/mol. The Balaban J connectivity index is 2.43. The van der Waals surface area contributed by atoms with Crippen molar-refractivity contribution in [3.63, 3.8) is 0 Å². The van der Waals surface area contributed by atoms with Crippen molar-refractivity contribution in [1.82, 2.24) is 0 Å². The highest BCUT2D eigenvalue weighted by atomic mass is 79.9. The lowest BCUT2D eigenvalue weighted by Gasteiger charge is -2.18. The molecule has 0 saturated carbocycles. The Kier molecular flexibility index (Phi) is 3.02. The van der Waals surface area contributed by atoms with E-state index in [1.807, 2.05) is 12.1 Å². The van der Waals surface area contributed by atoms with Gasteiger partial charge in [0.1, 0.15) is 5.75 Å². The van der Waals surface area contributed by atoms with Crippen molar-refractivity contribution in [3.05, 3.63) is 22.7 Å². The van der Waals surface area contributed by atoms with Gasteiger partial charge in [0.15, 0.2) is 0 Å². The molecule has 5 heteroatoms. The van der Waals surface area contributed by atoms with Crippen molar-refractivity contribution in [2.45, 2.75) is 6.42 Å². The minimum atomic E-state index is -1.95. The van der Waals surface area contributed by atoms with Crippen LogP contribution in [0.4, 0.5) is 5.69 Å². The van der Waals surface area contributed by atoms with Gasteiger partial charge in [0, 0.05) is 22.0 Å². The zero-order chi connectivity index (χ0) is 10.9. The van der Waals surface area contributed by atoms with E-state index < -0.39 is 9.73 Å². The van der Waals surface area contributed by atoms with Gasteiger partial charge in [-0.25, -0.2) is 4.21 Å². The highest BCUT2D eigenvalue weighted by molar-refractivity contribution is 9.10. The second kappa shape index (κ2) is 4.14. The van der Waals surface area contributed by atoms with E-state index in [0.29, 0.717) is 0 Å². The van der Waals surface area contributed by atoms with Gasteiger partial charge in [-0.1, -0.05) is 0 Å². The van der Waals surface area contributed by atoms with Crippen LogP contribution >= 0.6 is 15.9 Å². The smallest absolute Gasteiger partial charge is 0.121 e. The van der Waals surface area contributed by atoms with E-state index >= 15 is 0 Å². The molecule has 0 N–H and O–H groups in total. The SMILES string of the molecule is COc1ccc(Br)c(N=S2(=O)CCC2)c1. The van der Waals surface area contributed by atoms with Gasteiger partial charge in [-0.3, -0.25) is 0 Å². The van der Waals surface area contributed by atoms with E-state index in [-0.39, 0.29) is 0 Å². The molecule has 1 heterocycles. The number of halogens is 1. The minimum Gasteiger partial charge on any atom is -0.497 e. The number of rotatable bonds is 2. The Labute approximate surface area is 98.1 Å². The minimum absolute atomic E-state index is 0.719. The molecule has 15 heavy (non-hydrogen) atoms. The maximum absolute atomic E-state index is 11.9. The van der Waals surface area contributed by atoms with Crippen molar-refractivity contribution in [1.29, 1.82) is 0 Å². The Hall–Kier alpha value is -0.550. The highest BCUT2D eigenvalue weighted by Crippen LogP contribution is 2.32. The van der Waals surface area contributed by atoms with Gasteiger partial charge in [-0.2, -0.15) is 4.36 Å². The van der Waals surface area contributed by atoms with E-state index in [4.69, 9.17) is 4.74 Å². The summed E-state index contributed by atoms with van der Waals surface area (Å²) < 4.78 is 22.2. The number of hydrogen-bond acceptors (Lipinski definition) is 3. The summed E-state index contributed by atoms with van der Waals surface area (Å²) in [7, 11) is -0.343. The predicted molar refractivity (Wildman–Crippen MR) is 65.3 cm³/mol. The first-order valence-corrected chi connectivity index (χ1v) is 7.34. The number of ether oxygens (including phenoxy) is 1. The summed E-state index contributed by atoms with van der Waals surface area (Å²) in [5, 5.41) is 0. The maximum atomic E-state index is 11.9. The Morgan fingerprint density at radius 2 is 2.20 bits per heavy atom. The standard InChI is InChI=1S/C10H12BrNO2S/c1-14-8-3-4-9(11)10(7-8)12-15(13)5-2-6-15/h3-4,7H,2,5-6H2,1H3. The summed E-state index contributed by atoms with van der Waals surface area (Å²) >= 11 is 3.39. The third-order valence-corrected chi connectivity index (χ3v) is 5.40. The number of benzene rings is 1. The highest BCUT2D eigenvalue weighted by Gasteiger charge is 2.19. The quantitative estimate of drug-likeness (QED) is 0.840. The molecule has 0 aliphatic carbocycles. The van der Waals surface area contributed by atoms with E-state index in [9.17, 15) is 4.21 Å². The van der Waals surface area contributed by atoms with Crippen molar-refractivity contribution in [3.8, 4) is 5.75 Å². The third-order valence-electron chi connectivity index (χ3n) is 2.34. The lowest BCUT2D eigenvalue weighted by molar-refractivity contribution is 0.415. The van der Waals surface area contributed by atoms with E-state index in [2.05, 4.69) is 20.3 Å². The fourth-order valence-electron chi connectivity index (χ4n) is 1.35. The van der Waals surface area contributed by atoms with Gasteiger partial charge < -0.3 is 4.74 Å². The van der Waals surface area contributed by atoms with E-state index in [1.165, 1.54) is 0 Å². The van der Waals surface area contributed by atoms with Crippen LogP contribution in [-0.4, -0.2) is 22.8 Å². The van der Waals surface area contributed by atoms with Gasteiger partial charge >= 0.3 is 0 Å². The van der Waals surface area contributed by atoms with Gasteiger partial charge in [-0.15, -0.1) is 0 Å². The molecule has 0 aromatic heterocycles. The average molecular weight is 290 g/mol. The van der Waals surface area contributed by atoms with Crippen LogP contribution < -0.4 is 4.74 Å². The fourth-order valence-corrected chi connectivity index (χ4v) is 3.28. The average Bonchev–Trinajstić information content (AvgIpc) is 2.19. The molecule has 0 unspecified atom stereocenters. The molecular formula is C10H12BrNO2S. The molecule has 1 saturated heterocycles. The van der Waals surface area contributed by atoms with E-state index in [0.717, 1.165) is 33.8 Å². The topological polar surface area (TPSA) is 38.7 Å². The molecule has 1 aliphatic heterocycles. The second-order valence-electron chi connectivity index (χ2n) is 3.44. The van der Waals surface area contributed by atoms with Crippen molar-refractivity contribution in [2.24, 2.45) is 4.36 Å². The van der Waals surface area contributed by atoms with Crippen LogP contribution in [0.15, 0.2) is 27.0 Å². The molecule has 0 bridgehead atoms. The Morgan fingerprint density at radius 3 is 2.73 bits per heavy atom. The third kappa shape index (κ3) is 2.34. The first kappa shape index (κ1) is 11.0. The molecule has 1 aromatic carbocycles. The van der Waals surface area contributed by atoms with Crippen molar-refractivity contribution >= 4 is 31.3 Å². The monoisotopic (exact) mass is 289 g/mol.